The van der Waals surface area contributed by atoms with Crippen LogP contribution in [0.1, 0.15) is 23.1 Å². The second-order valence-corrected chi connectivity index (χ2v) is 9.73. The molecule has 2 aliphatic rings. The number of nitrogens with one attached hydrogen (secondary N) is 1. The van der Waals surface area contributed by atoms with Crippen molar-refractivity contribution in [3.05, 3.63) is 70.2 Å². The van der Waals surface area contributed by atoms with Crippen LogP contribution in [-0.4, -0.2) is 85.0 Å². The van der Waals surface area contributed by atoms with E-state index in [9.17, 15) is 4.79 Å². The van der Waals surface area contributed by atoms with Crippen LogP contribution in [0.3, 0.4) is 0 Å². The Morgan fingerprint density at radius 1 is 0.758 bits per heavy atom. The predicted octanol–water partition coefficient (Wildman–Crippen LogP) is 3.50. The number of carbonyl (C=O) groups is 1. The number of urea groups is 1. The number of amides is 2. The molecular weight excluding hydrogens is 434 g/mol. The van der Waals surface area contributed by atoms with Gasteiger partial charge in [0.2, 0.25) is 0 Å². The van der Waals surface area contributed by atoms with E-state index >= 15 is 0 Å². The van der Waals surface area contributed by atoms with Crippen molar-refractivity contribution in [3.8, 4) is 0 Å². The van der Waals surface area contributed by atoms with E-state index < -0.39 is 0 Å². The van der Waals surface area contributed by atoms with Gasteiger partial charge in [-0.05, 0) is 42.3 Å². The van der Waals surface area contributed by atoms with Crippen molar-refractivity contribution in [2.24, 2.45) is 0 Å². The Bertz CT molecular complexity index is 881. The van der Waals surface area contributed by atoms with E-state index in [1.807, 2.05) is 17.0 Å². The first kappa shape index (κ1) is 24.0. The Morgan fingerprint density at radius 2 is 1.30 bits per heavy atom. The summed E-state index contributed by atoms with van der Waals surface area (Å²) in [7, 11) is 2.18. The molecule has 2 heterocycles. The van der Waals surface area contributed by atoms with Gasteiger partial charge in [-0.3, -0.25) is 9.80 Å². The summed E-state index contributed by atoms with van der Waals surface area (Å²) < 4.78 is 0. The fourth-order valence-electron chi connectivity index (χ4n) is 4.50. The number of likely N-dealkylation sites (N-methyl/N-ethyl adjacent to an activating group) is 1. The number of piperazine rings is 1. The van der Waals surface area contributed by atoms with E-state index in [1.54, 1.807) is 0 Å². The van der Waals surface area contributed by atoms with Gasteiger partial charge in [0.25, 0.3) is 0 Å². The lowest BCUT2D eigenvalue weighted by atomic mass is 10.1. The number of rotatable bonds is 6. The van der Waals surface area contributed by atoms with Crippen LogP contribution in [0.4, 0.5) is 4.79 Å². The third kappa shape index (κ3) is 7.44. The SMILES string of the molecule is CN1CCN(Cc2ccc(CNC(=O)N3CCCN(Cc4ccc(Cl)cc4)CC3)cc2)CC1. The van der Waals surface area contributed by atoms with E-state index in [1.165, 1.54) is 11.1 Å². The molecule has 2 aliphatic heterocycles. The lowest BCUT2D eigenvalue weighted by molar-refractivity contribution is 0.148. The van der Waals surface area contributed by atoms with Crippen molar-refractivity contribution in [3.63, 3.8) is 0 Å². The third-order valence-corrected chi connectivity index (χ3v) is 6.92. The molecule has 2 saturated heterocycles. The fourth-order valence-corrected chi connectivity index (χ4v) is 4.62. The summed E-state index contributed by atoms with van der Waals surface area (Å²) in [5, 5.41) is 3.88. The van der Waals surface area contributed by atoms with Crippen LogP contribution in [0.5, 0.6) is 0 Å². The smallest absolute Gasteiger partial charge is 0.317 e. The number of halogens is 1. The van der Waals surface area contributed by atoms with Crippen molar-refractivity contribution < 1.29 is 4.79 Å². The average molecular weight is 470 g/mol. The zero-order valence-electron chi connectivity index (χ0n) is 19.7. The summed E-state index contributed by atoms with van der Waals surface area (Å²) in [6, 6.07) is 16.7. The van der Waals surface area contributed by atoms with Gasteiger partial charge < -0.3 is 15.1 Å². The molecule has 0 atom stereocenters. The average Bonchev–Trinajstić information content (AvgIpc) is 3.07. The highest BCUT2D eigenvalue weighted by Gasteiger charge is 2.19. The monoisotopic (exact) mass is 469 g/mol. The van der Waals surface area contributed by atoms with Gasteiger partial charge in [0.05, 0.1) is 0 Å². The molecule has 7 heteroatoms. The molecule has 2 amide bonds. The topological polar surface area (TPSA) is 42.1 Å². The number of carbonyl (C=O) groups excluding carboxylic acids is 1. The number of benzene rings is 2. The standard InChI is InChI=1S/C26H36ClN5O/c1-29-13-15-31(16-14-29)21-23-5-3-22(4-6-23)19-28-26(33)32-12-2-11-30(17-18-32)20-24-7-9-25(27)10-8-24/h3-10H,2,11-21H2,1H3,(H,28,33). The quantitative estimate of drug-likeness (QED) is 0.703. The predicted molar refractivity (Wildman–Crippen MR) is 134 cm³/mol. The minimum absolute atomic E-state index is 0.0323. The summed E-state index contributed by atoms with van der Waals surface area (Å²) in [6.07, 6.45) is 0.988. The van der Waals surface area contributed by atoms with E-state index in [0.29, 0.717) is 6.54 Å². The third-order valence-electron chi connectivity index (χ3n) is 6.66. The van der Waals surface area contributed by atoms with E-state index in [-0.39, 0.29) is 6.03 Å². The number of hydrogen-bond acceptors (Lipinski definition) is 4. The lowest BCUT2D eigenvalue weighted by Crippen LogP contribution is -2.43. The summed E-state index contributed by atoms with van der Waals surface area (Å²) in [4.78, 5) is 22.0. The summed E-state index contributed by atoms with van der Waals surface area (Å²) >= 11 is 5.99. The maximum atomic E-state index is 12.8. The van der Waals surface area contributed by atoms with Crippen molar-refractivity contribution in [2.45, 2.75) is 26.1 Å². The first-order valence-electron chi connectivity index (χ1n) is 12.0. The summed E-state index contributed by atoms with van der Waals surface area (Å²) in [5.74, 6) is 0. The molecule has 0 bridgehead atoms. The van der Waals surface area contributed by atoms with E-state index in [2.05, 4.69) is 63.5 Å². The van der Waals surface area contributed by atoms with Gasteiger partial charge >= 0.3 is 6.03 Å². The van der Waals surface area contributed by atoms with E-state index in [0.717, 1.165) is 82.5 Å². The fraction of sp³-hybridized carbons (Fsp3) is 0.500. The van der Waals surface area contributed by atoms with Crippen LogP contribution in [0.25, 0.3) is 0 Å². The Balaban J connectivity index is 1.19. The van der Waals surface area contributed by atoms with Gasteiger partial charge in [-0.2, -0.15) is 0 Å². The maximum Gasteiger partial charge on any atom is 0.317 e. The van der Waals surface area contributed by atoms with Gasteiger partial charge in [0, 0.05) is 77.0 Å². The molecule has 4 rings (SSSR count). The van der Waals surface area contributed by atoms with Crippen LogP contribution in [0.2, 0.25) is 5.02 Å². The molecule has 0 saturated carbocycles. The molecular formula is C26H36ClN5O. The molecule has 0 aliphatic carbocycles. The summed E-state index contributed by atoms with van der Waals surface area (Å²) in [6.45, 7) is 10.4. The van der Waals surface area contributed by atoms with Gasteiger partial charge in [-0.1, -0.05) is 48.0 Å². The maximum absolute atomic E-state index is 12.8. The number of hydrogen-bond donors (Lipinski definition) is 1. The van der Waals surface area contributed by atoms with Crippen molar-refractivity contribution in [2.75, 3.05) is 59.4 Å². The molecule has 2 aromatic carbocycles. The normalized spacial score (nSPS) is 18.8. The minimum atomic E-state index is 0.0323. The van der Waals surface area contributed by atoms with Gasteiger partial charge in [0.15, 0.2) is 0 Å². The molecule has 2 fully saturated rings. The molecule has 2 aromatic rings. The zero-order chi connectivity index (χ0) is 23.0. The molecule has 0 aromatic heterocycles. The molecule has 178 valence electrons. The molecule has 1 N–H and O–H groups in total. The van der Waals surface area contributed by atoms with Crippen LogP contribution in [-0.2, 0) is 19.6 Å². The Labute approximate surface area is 203 Å². The highest BCUT2D eigenvalue weighted by atomic mass is 35.5. The molecule has 33 heavy (non-hydrogen) atoms. The Kier molecular flexibility index (Phi) is 8.62. The Morgan fingerprint density at radius 3 is 1.97 bits per heavy atom. The second kappa shape index (κ2) is 11.8. The highest BCUT2D eigenvalue weighted by molar-refractivity contribution is 6.30. The molecule has 6 nitrogen and oxygen atoms in total. The Hall–Kier alpha value is -2.12. The first-order chi connectivity index (χ1) is 16.0. The molecule has 0 unspecified atom stereocenters. The van der Waals surface area contributed by atoms with Crippen LogP contribution in [0.15, 0.2) is 48.5 Å². The van der Waals surface area contributed by atoms with Crippen molar-refractivity contribution >= 4 is 17.6 Å². The molecule has 0 radical (unpaired) electrons. The summed E-state index contributed by atoms with van der Waals surface area (Å²) in [5.41, 5.74) is 3.74. The highest BCUT2D eigenvalue weighted by Crippen LogP contribution is 2.14. The van der Waals surface area contributed by atoms with Crippen molar-refractivity contribution in [1.82, 2.24) is 24.9 Å². The largest absolute Gasteiger partial charge is 0.334 e. The number of nitrogens with zero attached hydrogens (tertiary/aromatic N) is 4. The van der Waals surface area contributed by atoms with Crippen LogP contribution in [0, 0.1) is 0 Å². The van der Waals surface area contributed by atoms with Gasteiger partial charge in [-0.25, -0.2) is 4.79 Å². The van der Waals surface area contributed by atoms with Crippen molar-refractivity contribution in [1.29, 1.82) is 0 Å². The van der Waals surface area contributed by atoms with Crippen LogP contribution < -0.4 is 5.32 Å². The lowest BCUT2D eigenvalue weighted by Gasteiger charge is -2.32. The first-order valence-corrected chi connectivity index (χ1v) is 12.4. The van der Waals surface area contributed by atoms with E-state index in [4.69, 9.17) is 11.6 Å². The molecule has 0 spiro atoms. The zero-order valence-corrected chi connectivity index (χ0v) is 20.4. The van der Waals surface area contributed by atoms with Gasteiger partial charge in [-0.15, -0.1) is 0 Å². The van der Waals surface area contributed by atoms with Crippen LogP contribution >= 0.6 is 11.6 Å². The minimum Gasteiger partial charge on any atom is -0.334 e. The van der Waals surface area contributed by atoms with Gasteiger partial charge in [0.1, 0.15) is 0 Å². The second-order valence-electron chi connectivity index (χ2n) is 9.30.